The molecule has 0 unspecified atom stereocenters. The normalized spacial score (nSPS) is 11.2. The highest BCUT2D eigenvalue weighted by Gasteiger charge is 2.18. The predicted octanol–water partition coefficient (Wildman–Crippen LogP) is 0.235. The van der Waals surface area contributed by atoms with Crippen molar-refractivity contribution in [3.05, 3.63) is 47.8 Å². The monoisotopic (exact) mass is 308 g/mol. The molecule has 0 amide bonds. The van der Waals surface area contributed by atoms with E-state index >= 15 is 0 Å². The third-order valence-electron chi connectivity index (χ3n) is 2.62. The summed E-state index contributed by atoms with van der Waals surface area (Å²) >= 11 is 0. The fourth-order valence-corrected chi connectivity index (χ4v) is 2.71. The Kier molecular flexibility index (Phi) is 4.15. The molecule has 9 heteroatoms. The van der Waals surface area contributed by atoms with Gasteiger partial charge in [0.1, 0.15) is 4.90 Å². The first-order valence-electron chi connectivity index (χ1n) is 5.79. The largest absolute Gasteiger partial charge is 0.478 e. The molecule has 0 atom stereocenters. The van der Waals surface area contributed by atoms with E-state index in [1.165, 1.54) is 12.3 Å². The molecule has 0 radical (unpaired) electrons. The minimum Gasteiger partial charge on any atom is -0.478 e. The number of aromatic nitrogens is 2. The van der Waals surface area contributed by atoms with Crippen LogP contribution in [0.2, 0.25) is 0 Å². The Labute approximate surface area is 120 Å². The van der Waals surface area contributed by atoms with Gasteiger partial charge in [-0.1, -0.05) is 0 Å². The van der Waals surface area contributed by atoms with E-state index < -0.39 is 16.0 Å². The van der Waals surface area contributed by atoms with Gasteiger partial charge in [-0.2, -0.15) is 10.2 Å². The summed E-state index contributed by atoms with van der Waals surface area (Å²) in [6.07, 6.45) is 1.47. The second-order valence-electron chi connectivity index (χ2n) is 4.10. The number of carboxylic acids is 1. The van der Waals surface area contributed by atoms with Crippen molar-refractivity contribution >= 4 is 21.7 Å². The van der Waals surface area contributed by atoms with Crippen LogP contribution in [0.25, 0.3) is 0 Å². The van der Waals surface area contributed by atoms with Gasteiger partial charge in [0.15, 0.2) is 0 Å². The van der Waals surface area contributed by atoms with E-state index in [2.05, 4.69) is 14.9 Å². The molecular formula is C12H12N4O4S. The summed E-state index contributed by atoms with van der Waals surface area (Å²) in [4.78, 5) is 10.6. The van der Waals surface area contributed by atoms with Crippen LogP contribution in [0.3, 0.4) is 0 Å². The van der Waals surface area contributed by atoms with Gasteiger partial charge in [0, 0.05) is 6.20 Å². The highest BCUT2D eigenvalue weighted by molar-refractivity contribution is 7.89. The lowest BCUT2D eigenvalue weighted by molar-refractivity contribution is 0.0697. The molecular weight excluding hydrogens is 296 g/mol. The van der Waals surface area contributed by atoms with E-state index in [4.69, 9.17) is 10.8 Å². The molecule has 1 heterocycles. The summed E-state index contributed by atoms with van der Waals surface area (Å²) in [6.45, 7) is -0.0453. The molecule has 1 aromatic carbocycles. The van der Waals surface area contributed by atoms with Gasteiger partial charge in [0.2, 0.25) is 10.0 Å². The zero-order chi connectivity index (χ0) is 15.5. The fourth-order valence-electron chi connectivity index (χ4n) is 1.60. The van der Waals surface area contributed by atoms with E-state index in [1.807, 2.05) is 0 Å². The molecule has 0 aliphatic rings. The molecule has 1 aromatic heterocycles. The molecule has 0 fully saturated rings. The third-order valence-corrected chi connectivity index (χ3v) is 4.09. The van der Waals surface area contributed by atoms with E-state index in [9.17, 15) is 13.2 Å². The van der Waals surface area contributed by atoms with Crippen LogP contribution in [-0.4, -0.2) is 29.7 Å². The molecule has 0 saturated carbocycles. The van der Waals surface area contributed by atoms with Crippen LogP contribution in [0.5, 0.6) is 0 Å². The van der Waals surface area contributed by atoms with Gasteiger partial charge in [-0.05, 0) is 30.3 Å². The van der Waals surface area contributed by atoms with Gasteiger partial charge in [-0.25, -0.2) is 17.9 Å². The van der Waals surface area contributed by atoms with Crippen molar-refractivity contribution in [1.29, 1.82) is 0 Å². The maximum absolute atomic E-state index is 12.1. The standard InChI is InChI=1S/C12H12N4O4S/c13-10-6-8(12(17)18)3-4-11(10)21(19,20)15-7-9-2-1-5-14-16-9/h1-6,15H,7,13H2,(H,17,18). The zero-order valence-corrected chi connectivity index (χ0v) is 11.5. The van der Waals surface area contributed by atoms with E-state index in [1.54, 1.807) is 12.1 Å². The number of nitrogen functional groups attached to an aromatic ring is 1. The Morgan fingerprint density at radius 3 is 2.67 bits per heavy atom. The minimum atomic E-state index is -3.87. The molecule has 2 rings (SSSR count). The number of nitrogens with one attached hydrogen (secondary N) is 1. The van der Waals surface area contributed by atoms with Gasteiger partial charge >= 0.3 is 5.97 Å². The van der Waals surface area contributed by atoms with Crippen LogP contribution in [0.4, 0.5) is 5.69 Å². The molecule has 0 spiro atoms. The van der Waals surface area contributed by atoms with Crippen LogP contribution < -0.4 is 10.5 Å². The quantitative estimate of drug-likeness (QED) is 0.673. The first kappa shape index (κ1) is 14.9. The van der Waals surface area contributed by atoms with Crippen molar-refractivity contribution in [2.45, 2.75) is 11.4 Å². The van der Waals surface area contributed by atoms with E-state index in [0.29, 0.717) is 5.69 Å². The molecule has 0 bridgehead atoms. The molecule has 110 valence electrons. The van der Waals surface area contributed by atoms with Crippen LogP contribution in [-0.2, 0) is 16.6 Å². The topological polar surface area (TPSA) is 135 Å². The third kappa shape index (κ3) is 3.52. The molecule has 0 saturated heterocycles. The highest BCUT2D eigenvalue weighted by Crippen LogP contribution is 2.19. The SMILES string of the molecule is Nc1cc(C(=O)O)ccc1S(=O)(=O)NCc1cccnn1. The number of carboxylic acid groups (broad SMARTS) is 1. The van der Waals surface area contributed by atoms with E-state index in [-0.39, 0.29) is 22.7 Å². The molecule has 21 heavy (non-hydrogen) atoms. The number of aromatic carboxylic acids is 1. The van der Waals surface area contributed by atoms with Gasteiger partial charge in [0.25, 0.3) is 0 Å². The molecule has 8 nitrogen and oxygen atoms in total. The predicted molar refractivity (Wildman–Crippen MR) is 73.9 cm³/mol. The maximum atomic E-state index is 12.1. The van der Waals surface area contributed by atoms with Crippen LogP contribution >= 0.6 is 0 Å². The molecule has 0 aliphatic heterocycles. The van der Waals surface area contributed by atoms with Crippen molar-refractivity contribution in [2.75, 3.05) is 5.73 Å². The van der Waals surface area contributed by atoms with Crippen LogP contribution in [0, 0.1) is 0 Å². The Balaban J connectivity index is 2.22. The van der Waals surface area contributed by atoms with E-state index in [0.717, 1.165) is 12.1 Å². The number of hydrogen-bond donors (Lipinski definition) is 3. The minimum absolute atomic E-state index is 0.0453. The maximum Gasteiger partial charge on any atom is 0.335 e. The number of carbonyl (C=O) groups is 1. The highest BCUT2D eigenvalue weighted by atomic mass is 32.2. The van der Waals surface area contributed by atoms with Crippen molar-refractivity contribution in [3.8, 4) is 0 Å². The van der Waals surface area contributed by atoms with Crippen LogP contribution in [0.15, 0.2) is 41.4 Å². The number of nitrogens with zero attached hydrogens (tertiary/aromatic N) is 2. The average molecular weight is 308 g/mol. The molecule has 4 N–H and O–H groups in total. The average Bonchev–Trinajstić information content (AvgIpc) is 2.46. The van der Waals surface area contributed by atoms with Gasteiger partial charge in [-0.3, -0.25) is 0 Å². The van der Waals surface area contributed by atoms with Gasteiger partial charge < -0.3 is 10.8 Å². The van der Waals surface area contributed by atoms with Crippen molar-refractivity contribution in [3.63, 3.8) is 0 Å². The first-order chi connectivity index (χ1) is 9.90. The number of nitrogens with two attached hydrogens (primary N) is 1. The Morgan fingerprint density at radius 1 is 1.33 bits per heavy atom. The van der Waals surface area contributed by atoms with Crippen molar-refractivity contribution in [1.82, 2.24) is 14.9 Å². The van der Waals surface area contributed by atoms with Gasteiger partial charge in [0.05, 0.1) is 23.5 Å². The van der Waals surface area contributed by atoms with Crippen LogP contribution in [0.1, 0.15) is 16.1 Å². The number of benzene rings is 1. The Bertz CT molecular complexity index is 762. The van der Waals surface area contributed by atoms with Crippen molar-refractivity contribution < 1.29 is 18.3 Å². The summed E-state index contributed by atoms with van der Waals surface area (Å²) in [5.74, 6) is -1.18. The van der Waals surface area contributed by atoms with Gasteiger partial charge in [-0.15, -0.1) is 0 Å². The lowest BCUT2D eigenvalue weighted by Crippen LogP contribution is -2.24. The summed E-state index contributed by atoms with van der Waals surface area (Å²) in [5.41, 5.74) is 5.83. The molecule has 0 aliphatic carbocycles. The lowest BCUT2D eigenvalue weighted by atomic mass is 10.2. The number of rotatable bonds is 5. The summed E-state index contributed by atoms with van der Waals surface area (Å²) in [7, 11) is -3.87. The van der Waals surface area contributed by atoms with Crippen molar-refractivity contribution in [2.24, 2.45) is 0 Å². The number of sulfonamides is 1. The zero-order valence-electron chi connectivity index (χ0n) is 10.7. The number of hydrogen-bond acceptors (Lipinski definition) is 6. The molecule has 2 aromatic rings. The second kappa shape index (κ2) is 5.85. The summed E-state index contributed by atoms with van der Waals surface area (Å²) < 4.78 is 26.6. The second-order valence-corrected chi connectivity index (χ2v) is 5.83. The number of anilines is 1. The summed E-state index contributed by atoms with van der Waals surface area (Å²) in [6, 6.07) is 6.67. The smallest absolute Gasteiger partial charge is 0.335 e. The first-order valence-corrected chi connectivity index (χ1v) is 7.27. The summed E-state index contributed by atoms with van der Waals surface area (Å²) in [5, 5.41) is 16.2. The Hall–Kier alpha value is -2.52. The fraction of sp³-hybridized carbons (Fsp3) is 0.0833. The Morgan fingerprint density at radius 2 is 2.10 bits per heavy atom. The lowest BCUT2D eigenvalue weighted by Gasteiger charge is -2.09.